The van der Waals surface area contributed by atoms with Crippen LogP contribution in [0.25, 0.3) is 0 Å². The van der Waals surface area contributed by atoms with Crippen molar-refractivity contribution in [3.8, 4) is 0 Å². The minimum atomic E-state index is 0.312. The van der Waals surface area contributed by atoms with E-state index in [-0.39, 0.29) is 0 Å². The van der Waals surface area contributed by atoms with E-state index >= 15 is 0 Å². The van der Waals surface area contributed by atoms with Crippen LogP contribution in [0.1, 0.15) is 38.2 Å². The Hall–Kier alpha value is -1.16. The van der Waals surface area contributed by atoms with Gasteiger partial charge in [0.1, 0.15) is 11.6 Å². The second-order valence-electron chi connectivity index (χ2n) is 5.62. The summed E-state index contributed by atoms with van der Waals surface area (Å²) < 4.78 is 0. The van der Waals surface area contributed by atoms with Crippen molar-refractivity contribution in [1.29, 1.82) is 0 Å². The number of anilines is 1. The molecule has 0 unspecified atom stereocenters. The average molecular weight is 248 g/mol. The van der Waals surface area contributed by atoms with Gasteiger partial charge in [0, 0.05) is 24.8 Å². The van der Waals surface area contributed by atoms with E-state index < -0.39 is 0 Å². The van der Waals surface area contributed by atoms with Gasteiger partial charge in [0.15, 0.2) is 0 Å². The van der Waals surface area contributed by atoms with Crippen molar-refractivity contribution in [1.82, 2.24) is 9.97 Å². The van der Waals surface area contributed by atoms with Crippen LogP contribution in [0.5, 0.6) is 0 Å². The van der Waals surface area contributed by atoms with E-state index in [1.165, 1.54) is 0 Å². The highest BCUT2D eigenvalue weighted by molar-refractivity contribution is 5.40. The van der Waals surface area contributed by atoms with E-state index in [1.54, 1.807) is 0 Å². The fourth-order valence-corrected chi connectivity index (χ4v) is 2.44. The molecule has 100 valence electrons. The normalized spacial score (nSPS) is 19.0. The summed E-state index contributed by atoms with van der Waals surface area (Å²) >= 11 is 0. The Bertz CT molecular complexity index is 408. The lowest BCUT2D eigenvalue weighted by Gasteiger charge is -2.39. The number of aromatic nitrogens is 2. The molecule has 1 aromatic heterocycles. The highest BCUT2D eigenvalue weighted by atomic mass is 15.2. The molecule has 0 amide bonds. The molecule has 4 nitrogen and oxygen atoms in total. The number of nitrogens with zero attached hydrogens (tertiary/aromatic N) is 3. The lowest BCUT2D eigenvalue weighted by Crippen LogP contribution is -2.42. The maximum Gasteiger partial charge on any atom is 0.132 e. The zero-order valence-corrected chi connectivity index (χ0v) is 11.7. The maximum atomic E-state index is 5.85. The van der Waals surface area contributed by atoms with Crippen molar-refractivity contribution < 1.29 is 0 Å². The SMILES string of the molecule is CCc1cc(N2CCC(C)(CN)CC2)nc(C)n1. The summed E-state index contributed by atoms with van der Waals surface area (Å²) in [7, 11) is 0. The molecular weight excluding hydrogens is 224 g/mol. The summed E-state index contributed by atoms with van der Waals surface area (Å²) in [5.74, 6) is 1.95. The van der Waals surface area contributed by atoms with E-state index in [9.17, 15) is 0 Å². The lowest BCUT2D eigenvalue weighted by atomic mass is 9.80. The second kappa shape index (κ2) is 5.22. The van der Waals surface area contributed by atoms with Crippen molar-refractivity contribution in [2.24, 2.45) is 11.1 Å². The molecule has 1 aliphatic heterocycles. The minimum absolute atomic E-state index is 0.312. The standard InChI is InChI=1S/C14H24N4/c1-4-12-9-13(17-11(2)16-12)18-7-5-14(3,10-15)6-8-18/h9H,4-8,10,15H2,1-3H3. The molecule has 1 aromatic rings. The molecule has 2 rings (SSSR count). The first-order chi connectivity index (χ1) is 8.56. The average Bonchev–Trinajstić information content (AvgIpc) is 2.39. The Morgan fingerprint density at radius 1 is 1.33 bits per heavy atom. The van der Waals surface area contributed by atoms with E-state index in [1.807, 2.05) is 6.92 Å². The van der Waals surface area contributed by atoms with E-state index in [4.69, 9.17) is 5.73 Å². The van der Waals surface area contributed by atoms with Crippen LogP contribution in [0.2, 0.25) is 0 Å². The number of rotatable bonds is 3. The van der Waals surface area contributed by atoms with E-state index in [0.717, 1.165) is 56.2 Å². The maximum absolute atomic E-state index is 5.85. The minimum Gasteiger partial charge on any atom is -0.356 e. The first-order valence-electron chi connectivity index (χ1n) is 6.86. The molecule has 0 aromatic carbocycles. The van der Waals surface area contributed by atoms with Gasteiger partial charge in [-0.05, 0) is 38.1 Å². The third-order valence-corrected chi connectivity index (χ3v) is 4.03. The number of hydrogen-bond acceptors (Lipinski definition) is 4. The van der Waals surface area contributed by atoms with Crippen LogP contribution in [0.4, 0.5) is 5.82 Å². The number of hydrogen-bond donors (Lipinski definition) is 1. The molecule has 0 radical (unpaired) electrons. The second-order valence-corrected chi connectivity index (χ2v) is 5.62. The summed E-state index contributed by atoms with van der Waals surface area (Å²) in [6, 6.07) is 2.12. The van der Waals surface area contributed by atoms with Crippen molar-refractivity contribution >= 4 is 5.82 Å². The molecular formula is C14H24N4. The van der Waals surface area contributed by atoms with Gasteiger partial charge in [0.2, 0.25) is 0 Å². The molecule has 0 aliphatic carbocycles. The molecule has 0 spiro atoms. The molecule has 2 N–H and O–H groups in total. The van der Waals surface area contributed by atoms with Crippen LogP contribution in [0.3, 0.4) is 0 Å². The van der Waals surface area contributed by atoms with Gasteiger partial charge in [0.05, 0.1) is 0 Å². The molecule has 1 aliphatic rings. The Balaban J connectivity index is 2.12. The zero-order chi connectivity index (χ0) is 13.2. The summed E-state index contributed by atoms with van der Waals surface area (Å²) in [4.78, 5) is 11.4. The zero-order valence-electron chi connectivity index (χ0n) is 11.7. The van der Waals surface area contributed by atoms with Gasteiger partial charge in [-0.3, -0.25) is 0 Å². The lowest BCUT2D eigenvalue weighted by molar-refractivity contribution is 0.258. The summed E-state index contributed by atoms with van der Waals surface area (Å²) in [6.07, 6.45) is 3.26. The molecule has 1 fully saturated rings. The first-order valence-corrected chi connectivity index (χ1v) is 6.86. The van der Waals surface area contributed by atoms with Crippen LogP contribution in [0, 0.1) is 12.3 Å². The van der Waals surface area contributed by atoms with Gasteiger partial charge in [-0.1, -0.05) is 13.8 Å². The molecule has 2 heterocycles. The largest absolute Gasteiger partial charge is 0.356 e. The van der Waals surface area contributed by atoms with Gasteiger partial charge in [-0.2, -0.15) is 0 Å². The van der Waals surface area contributed by atoms with Gasteiger partial charge in [-0.25, -0.2) is 9.97 Å². The molecule has 0 atom stereocenters. The van der Waals surface area contributed by atoms with Crippen LogP contribution >= 0.6 is 0 Å². The van der Waals surface area contributed by atoms with Gasteiger partial charge < -0.3 is 10.6 Å². The Kier molecular flexibility index (Phi) is 3.85. The Morgan fingerprint density at radius 3 is 2.56 bits per heavy atom. The molecule has 4 heteroatoms. The van der Waals surface area contributed by atoms with Crippen LogP contribution in [-0.2, 0) is 6.42 Å². The smallest absolute Gasteiger partial charge is 0.132 e. The topological polar surface area (TPSA) is 55.0 Å². The van der Waals surface area contributed by atoms with E-state index in [0.29, 0.717) is 5.41 Å². The molecule has 0 saturated carbocycles. The Labute approximate surface area is 110 Å². The first kappa shape index (κ1) is 13.3. The highest BCUT2D eigenvalue weighted by Gasteiger charge is 2.29. The predicted molar refractivity (Wildman–Crippen MR) is 74.8 cm³/mol. The molecule has 1 saturated heterocycles. The van der Waals surface area contributed by atoms with Crippen molar-refractivity contribution in [3.63, 3.8) is 0 Å². The summed E-state index contributed by atoms with van der Waals surface area (Å²) in [5.41, 5.74) is 7.29. The third-order valence-electron chi connectivity index (χ3n) is 4.03. The van der Waals surface area contributed by atoms with E-state index in [2.05, 4.69) is 34.8 Å². The van der Waals surface area contributed by atoms with Crippen molar-refractivity contribution in [3.05, 3.63) is 17.6 Å². The quantitative estimate of drug-likeness (QED) is 0.888. The fraction of sp³-hybridized carbons (Fsp3) is 0.714. The predicted octanol–water partition coefficient (Wildman–Crippen LogP) is 1.91. The fourth-order valence-electron chi connectivity index (χ4n) is 2.44. The van der Waals surface area contributed by atoms with Gasteiger partial charge in [-0.15, -0.1) is 0 Å². The van der Waals surface area contributed by atoms with Crippen LogP contribution in [0.15, 0.2) is 6.07 Å². The monoisotopic (exact) mass is 248 g/mol. The van der Waals surface area contributed by atoms with Crippen LogP contribution in [-0.4, -0.2) is 29.6 Å². The summed E-state index contributed by atoms with van der Waals surface area (Å²) in [5, 5.41) is 0. The van der Waals surface area contributed by atoms with Crippen LogP contribution < -0.4 is 10.6 Å². The van der Waals surface area contributed by atoms with Gasteiger partial charge in [0.25, 0.3) is 0 Å². The summed E-state index contributed by atoms with van der Waals surface area (Å²) in [6.45, 7) is 9.27. The molecule has 18 heavy (non-hydrogen) atoms. The molecule has 0 bridgehead atoms. The third kappa shape index (κ3) is 2.80. The highest BCUT2D eigenvalue weighted by Crippen LogP contribution is 2.31. The number of aryl methyl sites for hydroxylation is 2. The van der Waals surface area contributed by atoms with Crippen molar-refractivity contribution in [2.45, 2.75) is 40.0 Å². The van der Waals surface area contributed by atoms with Gasteiger partial charge >= 0.3 is 0 Å². The van der Waals surface area contributed by atoms with Crippen molar-refractivity contribution in [2.75, 3.05) is 24.5 Å². The Morgan fingerprint density at radius 2 is 2.00 bits per heavy atom. The number of nitrogens with two attached hydrogens (primary N) is 1. The number of piperidine rings is 1.